The van der Waals surface area contributed by atoms with Gasteiger partial charge in [-0.1, -0.05) is 45.3 Å². The van der Waals surface area contributed by atoms with E-state index in [0.717, 1.165) is 36.8 Å². The number of pyridine rings is 4. The van der Waals surface area contributed by atoms with E-state index in [1.165, 1.54) is 36.2 Å². The summed E-state index contributed by atoms with van der Waals surface area (Å²) in [5.74, 6) is 0.982. The molecule has 0 bridgehead atoms. The third-order valence-electron chi connectivity index (χ3n) is 7.76. The molecule has 0 amide bonds. The Morgan fingerprint density at radius 3 is 1.75 bits per heavy atom. The molecule has 4 heterocycles. The second-order valence-corrected chi connectivity index (χ2v) is 12.1. The number of carbonyl (C=O) groups is 3. The number of thiocarbonyl (C=S) groups is 1. The molecule has 0 aliphatic carbocycles. The Morgan fingerprint density at radius 2 is 1.33 bits per heavy atom. The molecule has 0 spiro atoms. The normalized spacial score (nSPS) is 11.5. The standard InChI is InChI=1S/C24H17N3O6.C17H23F3N3O.CNS.Ru/c28-15-31-8-3-18-1-6-25-21(11-18)23-13-20(5-10-33-17-30)14-24(27-23)22-12-19(2-7-26-22)4-9-32-16-29;1-3-5-6-12(4-2)11-24-13-7-8-15(23-10-13)14(21)9-16(22)17(18,19)20;2-1-3;/h1-17H;7-10,12,21-22H,3-6,11H2,1-2H3;;/q;2*-1;+2/b8-3+,9-4+,10-5+;14-9-,22-16?;;. The van der Waals surface area contributed by atoms with Gasteiger partial charge in [-0.3, -0.25) is 34.7 Å². The number of hydrogen-bond donors (Lipinski definition) is 1. The van der Waals surface area contributed by atoms with Gasteiger partial charge in [0, 0.05) is 18.1 Å². The van der Waals surface area contributed by atoms with Gasteiger partial charge < -0.3 is 30.1 Å². The summed E-state index contributed by atoms with van der Waals surface area (Å²) in [6.07, 6.45) is 13.3. The zero-order chi connectivity index (χ0) is 44.2. The minimum Gasteiger partial charge on any atom is -0.753 e. The molecule has 320 valence electrons. The van der Waals surface area contributed by atoms with Gasteiger partial charge in [0.25, 0.3) is 19.4 Å². The minimum absolute atomic E-state index is 0. The van der Waals surface area contributed by atoms with E-state index < -0.39 is 17.6 Å². The monoisotopic (exact) mass is 945 g/mol. The summed E-state index contributed by atoms with van der Waals surface area (Å²) in [5, 5.41) is 15.3. The van der Waals surface area contributed by atoms with Crippen molar-refractivity contribution in [2.45, 2.75) is 45.7 Å². The van der Waals surface area contributed by atoms with Crippen molar-refractivity contribution in [2.75, 3.05) is 6.61 Å². The maximum atomic E-state index is 12.3. The largest absolute Gasteiger partial charge is 2.00 e. The second-order valence-electron chi connectivity index (χ2n) is 11.9. The number of nitrogens with one attached hydrogen (secondary N) is 2. The molecule has 4 aromatic rings. The Labute approximate surface area is 368 Å². The van der Waals surface area contributed by atoms with Crippen molar-refractivity contribution < 1.29 is 66.0 Å². The van der Waals surface area contributed by atoms with Gasteiger partial charge in [0.1, 0.15) is 11.5 Å². The Morgan fingerprint density at radius 1 is 0.836 bits per heavy atom. The fourth-order valence-corrected chi connectivity index (χ4v) is 4.78. The van der Waals surface area contributed by atoms with Crippen LogP contribution in [0, 0.1) is 11.3 Å². The molecule has 0 aliphatic rings. The molecule has 0 saturated heterocycles. The van der Waals surface area contributed by atoms with Crippen LogP contribution in [0.1, 0.15) is 61.9 Å². The summed E-state index contributed by atoms with van der Waals surface area (Å²) in [6.45, 7) is 5.78. The predicted molar refractivity (Wildman–Crippen MR) is 224 cm³/mol. The second kappa shape index (κ2) is 29.6. The zero-order valence-corrected chi connectivity index (χ0v) is 35.3. The van der Waals surface area contributed by atoms with Crippen molar-refractivity contribution >= 4 is 66.4 Å². The van der Waals surface area contributed by atoms with Crippen molar-refractivity contribution in [3.63, 3.8) is 0 Å². The Bertz CT molecular complexity index is 2080. The maximum absolute atomic E-state index is 12.3. The first-order valence-corrected chi connectivity index (χ1v) is 18.2. The van der Waals surface area contributed by atoms with E-state index in [1.54, 1.807) is 73.1 Å². The molecule has 0 radical (unpaired) electrons. The third kappa shape index (κ3) is 20.3. The van der Waals surface area contributed by atoms with Gasteiger partial charge in [0.15, 0.2) is 0 Å². The summed E-state index contributed by atoms with van der Waals surface area (Å²) in [5.41, 5.74) is 10.0. The van der Waals surface area contributed by atoms with Gasteiger partial charge in [0.2, 0.25) is 0 Å². The van der Waals surface area contributed by atoms with Crippen LogP contribution in [0.4, 0.5) is 13.2 Å². The molecule has 2 N–H and O–H groups in total. The number of rotatable bonds is 20. The number of unbranched alkanes of at least 4 members (excludes halogenated alkanes) is 1. The summed E-state index contributed by atoms with van der Waals surface area (Å²) < 4.78 is 56.4. The Hall–Kier alpha value is -6.55. The molecule has 0 fully saturated rings. The average Bonchev–Trinajstić information content (AvgIpc) is 3.24. The Kier molecular flexibility index (Phi) is 25.5. The third-order valence-corrected chi connectivity index (χ3v) is 7.76. The number of carbonyl (C=O) groups excluding carboxylic acids is 3. The predicted octanol–water partition coefficient (Wildman–Crippen LogP) is 9.94. The van der Waals surface area contributed by atoms with Gasteiger partial charge in [-0.05, 0) is 102 Å². The first-order chi connectivity index (χ1) is 28.9. The first-order valence-electron chi connectivity index (χ1n) is 17.8. The van der Waals surface area contributed by atoms with Crippen LogP contribution in [-0.2, 0) is 48.1 Å². The van der Waals surface area contributed by atoms with Crippen LogP contribution in [0.25, 0.3) is 57.8 Å². The number of halogens is 3. The number of hydrogen-bond acceptors (Lipinski definition) is 13. The molecule has 1 atom stereocenters. The van der Waals surface area contributed by atoms with Gasteiger partial charge in [-0.2, -0.15) is 18.3 Å². The number of allylic oxidation sites excluding steroid dienone is 1. The van der Waals surface area contributed by atoms with E-state index in [2.05, 4.69) is 60.2 Å². The quantitative estimate of drug-likeness (QED) is 0.0219. The molecule has 19 heteroatoms. The van der Waals surface area contributed by atoms with E-state index in [1.807, 2.05) is 0 Å². The minimum atomic E-state index is -4.76. The number of alkyl halides is 3. The van der Waals surface area contributed by atoms with Crippen LogP contribution in [-0.4, -0.2) is 63.0 Å². The smallest absolute Gasteiger partial charge is 0.753 e. The van der Waals surface area contributed by atoms with Gasteiger partial charge >= 0.3 is 25.7 Å². The molecular weight excluding hydrogens is 905 g/mol. The number of aromatic nitrogens is 4. The van der Waals surface area contributed by atoms with Gasteiger partial charge in [-0.25, -0.2) is 4.98 Å². The molecule has 1 unspecified atom stereocenters. The molecule has 0 aliphatic heterocycles. The van der Waals surface area contributed by atoms with Crippen LogP contribution in [0.2, 0.25) is 0 Å². The van der Waals surface area contributed by atoms with Crippen LogP contribution in [0.3, 0.4) is 0 Å². The first kappa shape index (κ1) is 52.5. The van der Waals surface area contributed by atoms with E-state index in [4.69, 9.17) is 21.3 Å². The van der Waals surface area contributed by atoms with E-state index in [0.29, 0.717) is 72.1 Å². The van der Waals surface area contributed by atoms with Crippen LogP contribution < -0.4 is 4.74 Å². The van der Waals surface area contributed by atoms with E-state index >= 15 is 0 Å². The Balaban J connectivity index is 0.000000590. The van der Waals surface area contributed by atoms with Crippen molar-refractivity contribution in [1.29, 1.82) is 5.41 Å². The van der Waals surface area contributed by atoms with Crippen molar-refractivity contribution in [2.24, 2.45) is 5.92 Å². The fraction of sp³-hybridized carbons (Fsp3) is 0.214. The molecular formula is C42H40F3N7O7RuS. The van der Waals surface area contributed by atoms with Gasteiger partial charge in [0.05, 0.1) is 54.4 Å². The zero-order valence-electron chi connectivity index (χ0n) is 32.7. The summed E-state index contributed by atoms with van der Waals surface area (Å²) >= 11 is 3.70. The molecule has 4 aromatic heterocycles. The number of isothiocyanates is 1. The van der Waals surface area contributed by atoms with Crippen LogP contribution >= 0.6 is 12.2 Å². The molecule has 14 nitrogen and oxygen atoms in total. The summed E-state index contributed by atoms with van der Waals surface area (Å²) in [4.78, 5) is 48.5. The van der Waals surface area contributed by atoms with E-state index in [9.17, 15) is 27.6 Å². The molecule has 4 rings (SSSR count). The van der Waals surface area contributed by atoms with E-state index in [-0.39, 0.29) is 25.2 Å². The van der Waals surface area contributed by atoms with Crippen molar-refractivity contribution in [3.8, 4) is 28.5 Å². The molecule has 0 aromatic carbocycles. The molecule has 0 saturated carbocycles. The van der Waals surface area contributed by atoms with Crippen LogP contribution in [0.15, 0.2) is 92.0 Å². The van der Waals surface area contributed by atoms with Crippen LogP contribution in [0.5, 0.6) is 5.75 Å². The van der Waals surface area contributed by atoms with Crippen molar-refractivity contribution in [1.82, 2.24) is 19.9 Å². The van der Waals surface area contributed by atoms with Crippen molar-refractivity contribution in [3.05, 3.63) is 126 Å². The fourth-order valence-electron chi connectivity index (χ4n) is 4.78. The van der Waals surface area contributed by atoms with Gasteiger partial charge in [-0.15, -0.1) is 5.70 Å². The summed E-state index contributed by atoms with van der Waals surface area (Å²) in [7, 11) is 0. The average molecular weight is 945 g/mol. The summed E-state index contributed by atoms with van der Waals surface area (Å²) in [6, 6.07) is 13.6. The SMILES string of the molecule is CCCCC(CC)COc1ccc(/C([NH-])=C/C(=N)C(F)(F)F)nc1.O=CO/C=C/c1ccnc(-c2cc(/C=C/OC=O)cc(-c3cc(/C=C/OC=O)ccn3)n2)c1.[N-]=C=S.[Ru+2]. The number of ether oxygens (including phenoxy) is 4. The molecule has 61 heavy (non-hydrogen) atoms. The topological polar surface area (TPSA) is 210 Å². The maximum Gasteiger partial charge on any atom is 2.00 e. The number of nitrogens with zero attached hydrogens (tertiary/aromatic N) is 5.